The van der Waals surface area contributed by atoms with Crippen molar-refractivity contribution in [2.45, 2.75) is 63.8 Å². The molecule has 1 aliphatic heterocycles. The van der Waals surface area contributed by atoms with E-state index in [0.717, 1.165) is 5.56 Å². The molecule has 1 atom stereocenters. The second-order valence-electron chi connectivity index (χ2n) is 7.81. The number of carbonyl (C=O) groups is 1. The van der Waals surface area contributed by atoms with Crippen LogP contribution in [0.25, 0.3) is 0 Å². The van der Waals surface area contributed by atoms with Gasteiger partial charge >= 0.3 is 6.09 Å². The Balaban J connectivity index is 2.12. The van der Waals surface area contributed by atoms with E-state index in [1.165, 1.54) is 17.0 Å². The first-order valence-electron chi connectivity index (χ1n) is 8.44. The van der Waals surface area contributed by atoms with E-state index < -0.39 is 33.6 Å². The molecular weight excluding hydrogens is 358 g/mol. The van der Waals surface area contributed by atoms with E-state index in [-0.39, 0.29) is 18.1 Å². The summed E-state index contributed by atoms with van der Waals surface area (Å²) in [5.41, 5.74) is -0.634. The Morgan fingerprint density at radius 3 is 2.38 bits per heavy atom. The average molecular weight is 385 g/mol. The van der Waals surface area contributed by atoms with Gasteiger partial charge in [-0.05, 0) is 53.7 Å². The number of aryl methyl sites for hydroxylation is 1. The molecule has 0 aromatic heterocycles. The summed E-state index contributed by atoms with van der Waals surface area (Å²) in [4.78, 5) is 14.0. The van der Waals surface area contributed by atoms with E-state index in [1.807, 2.05) is 6.92 Å². The third-order valence-corrected chi connectivity index (χ3v) is 5.19. The molecule has 1 fully saturated rings. The van der Waals surface area contributed by atoms with E-state index >= 15 is 0 Å². The average Bonchev–Trinajstić information content (AvgIpc) is 2.79. The number of hydrogen-bond donors (Lipinski definition) is 0. The third-order valence-electron chi connectivity index (χ3n) is 3.89. The van der Waals surface area contributed by atoms with Gasteiger partial charge in [-0.3, -0.25) is 9.08 Å². The molecule has 0 bridgehead atoms. The van der Waals surface area contributed by atoms with Crippen LogP contribution in [-0.4, -0.2) is 50.0 Å². The van der Waals surface area contributed by atoms with Gasteiger partial charge in [0, 0.05) is 0 Å². The normalized spacial score (nSPS) is 20.2. The highest BCUT2D eigenvalue weighted by Crippen LogP contribution is 2.30. The third kappa shape index (κ3) is 4.96. The molecule has 0 spiro atoms. The van der Waals surface area contributed by atoms with E-state index in [9.17, 15) is 13.2 Å². The fraction of sp³-hybridized carbons (Fsp3) is 0.611. The summed E-state index contributed by atoms with van der Waals surface area (Å²) in [5.74, 6) is 0. The Hall–Kier alpha value is -1.64. The van der Waals surface area contributed by atoms with Gasteiger partial charge in [0.2, 0.25) is 0 Å². The minimum Gasteiger partial charge on any atom is -0.444 e. The largest absolute Gasteiger partial charge is 0.444 e. The van der Waals surface area contributed by atoms with Crippen molar-refractivity contribution in [3.63, 3.8) is 0 Å². The maximum absolute atomic E-state index is 12.5. The Kier molecular flexibility index (Phi) is 5.70. The molecule has 1 aliphatic rings. The highest BCUT2D eigenvalue weighted by atomic mass is 32.2. The Labute approximate surface area is 155 Å². The number of benzene rings is 1. The molecule has 0 saturated carbocycles. The molecule has 1 amide bonds. The van der Waals surface area contributed by atoms with Crippen LogP contribution in [0.1, 0.15) is 40.2 Å². The van der Waals surface area contributed by atoms with Crippen molar-refractivity contribution in [2.75, 3.05) is 13.2 Å². The lowest BCUT2D eigenvalue weighted by Crippen LogP contribution is -2.51. The quantitative estimate of drug-likeness (QED) is 0.741. The molecule has 1 aromatic carbocycles. The Bertz CT molecular complexity index is 749. The van der Waals surface area contributed by atoms with Gasteiger partial charge in [0.05, 0.1) is 24.2 Å². The van der Waals surface area contributed by atoms with E-state index in [2.05, 4.69) is 0 Å². The van der Waals surface area contributed by atoms with Crippen LogP contribution in [0.5, 0.6) is 0 Å². The topological polar surface area (TPSA) is 82.1 Å². The smallest absolute Gasteiger partial charge is 0.412 e. The van der Waals surface area contributed by atoms with Crippen LogP contribution < -0.4 is 0 Å². The van der Waals surface area contributed by atoms with Crippen LogP contribution >= 0.6 is 0 Å². The first-order chi connectivity index (χ1) is 11.8. The molecular formula is C18H27NO6S. The van der Waals surface area contributed by atoms with Crippen molar-refractivity contribution in [2.24, 2.45) is 0 Å². The SMILES string of the molecule is Cc1ccc(S(=O)(=O)OC[C@H]2COC(C)(C)N2C(=O)OC(C)(C)C)cc1. The lowest BCUT2D eigenvalue weighted by Gasteiger charge is -2.34. The molecule has 1 saturated heterocycles. The van der Waals surface area contributed by atoms with Crippen LogP contribution in [0.3, 0.4) is 0 Å². The number of ether oxygens (including phenoxy) is 2. The molecule has 26 heavy (non-hydrogen) atoms. The molecule has 8 heteroatoms. The van der Waals surface area contributed by atoms with E-state index in [0.29, 0.717) is 0 Å². The first kappa shape index (κ1) is 20.7. The van der Waals surface area contributed by atoms with Crippen molar-refractivity contribution < 1.29 is 26.9 Å². The van der Waals surface area contributed by atoms with E-state index in [4.69, 9.17) is 13.7 Å². The van der Waals surface area contributed by atoms with Gasteiger partial charge < -0.3 is 9.47 Å². The molecule has 146 valence electrons. The summed E-state index contributed by atoms with van der Waals surface area (Å²) in [7, 11) is -3.92. The molecule has 0 N–H and O–H groups in total. The minimum atomic E-state index is -3.92. The summed E-state index contributed by atoms with van der Waals surface area (Å²) in [6.45, 7) is 10.6. The lowest BCUT2D eigenvalue weighted by molar-refractivity contribution is -0.0637. The van der Waals surface area contributed by atoms with Crippen molar-refractivity contribution in [1.82, 2.24) is 4.90 Å². The summed E-state index contributed by atoms with van der Waals surface area (Å²) >= 11 is 0. The molecule has 2 rings (SSSR count). The second kappa shape index (κ2) is 7.17. The number of nitrogens with zero attached hydrogens (tertiary/aromatic N) is 1. The number of rotatable bonds is 4. The zero-order chi connectivity index (χ0) is 19.8. The fourth-order valence-electron chi connectivity index (χ4n) is 2.63. The molecule has 1 heterocycles. The van der Waals surface area contributed by atoms with Crippen molar-refractivity contribution >= 4 is 16.2 Å². The number of amides is 1. The zero-order valence-electron chi connectivity index (χ0n) is 16.1. The zero-order valence-corrected chi connectivity index (χ0v) is 16.9. The molecule has 0 radical (unpaired) electrons. The molecule has 7 nitrogen and oxygen atoms in total. The molecule has 1 aromatic rings. The molecule has 0 aliphatic carbocycles. The van der Waals surface area contributed by atoms with Crippen molar-refractivity contribution in [3.05, 3.63) is 29.8 Å². The van der Waals surface area contributed by atoms with E-state index in [1.54, 1.807) is 46.8 Å². The van der Waals surface area contributed by atoms with Crippen LogP contribution in [0.2, 0.25) is 0 Å². The van der Waals surface area contributed by atoms with Crippen molar-refractivity contribution in [3.8, 4) is 0 Å². The van der Waals surface area contributed by atoms with Crippen LogP contribution in [0.15, 0.2) is 29.2 Å². The van der Waals surface area contributed by atoms with Crippen LogP contribution in [0, 0.1) is 6.92 Å². The van der Waals surface area contributed by atoms with Gasteiger partial charge in [0.25, 0.3) is 10.1 Å². The predicted molar refractivity (Wildman–Crippen MR) is 96.2 cm³/mol. The molecule has 0 unspecified atom stereocenters. The maximum atomic E-state index is 12.5. The second-order valence-corrected chi connectivity index (χ2v) is 9.43. The Morgan fingerprint density at radius 1 is 1.27 bits per heavy atom. The van der Waals surface area contributed by atoms with Gasteiger partial charge in [0.1, 0.15) is 11.3 Å². The maximum Gasteiger partial charge on any atom is 0.412 e. The highest BCUT2D eigenvalue weighted by molar-refractivity contribution is 7.86. The minimum absolute atomic E-state index is 0.0742. The lowest BCUT2D eigenvalue weighted by atomic mass is 10.2. The fourth-order valence-corrected chi connectivity index (χ4v) is 3.57. The summed E-state index contributed by atoms with van der Waals surface area (Å²) < 4.78 is 41.0. The van der Waals surface area contributed by atoms with Gasteiger partial charge in [-0.15, -0.1) is 0 Å². The van der Waals surface area contributed by atoms with Gasteiger partial charge in [-0.2, -0.15) is 8.42 Å². The Morgan fingerprint density at radius 2 is 1.85 bits per heavy atom. The summed E-state index contributed by atoms with van der Waals surface area (Å²) in [5, 5.41) is 0. The van der Waals surface area contributed by atoms with Gasteiger partial charge in [0.15, 0.2) is 0 Å². The van der Waals surface area contributed by atoms with Crippen molar-refractivity contribution in [1.29, 1.82) is 0 Å². The van der Waals surface area contributed by atoms with Crippen LogP contribution in [0.4, 0.5) is 4.79 Å². The van der Waals surface area contributed by atoms with Crippen LogP contribution in [-0.2, 0) is 23.8 Å². The summed E-state index contributed by atoms with van der Waals surface area (Å²) in [6.07, 6.45) is -0.568. The number of carbonyl (C=O) groups excluding carboxylic acids is 1. The predicted octanol–water partition coefficient (Wildman–Crippen LogP) is 3.07. The van der Waals surface area contributed by atoms with Gasteiger partial charge in [-0.1, -0.05) is 17.7 Å². The van der Waals surface area contributed by atoms with Gasteiger partial charge in [-0.25, -0.2) is 4.79 Å². The monoisotopic (exact) mass is 385 g/mol. The first-order valence-corrected chi connectivity index (χ1v) is 9.85. The highest BCUT2D eigenvalue weighted by Gasteiger charge is 2.46. The standard InChI is InChI=1S/C18H27NO6S/c1-13-7-9-15(10-8-13)26(21,22)24-12-14-11-23-18(5,6)19(14)16(20)25-17(2,3)4/h7-10,14H,11-12H2,1-6H3/t14-/m1/s1. The number of hydrogen-bond acceptors (Lipinski definition) is 6. The summed E-state index contributed by atoms with van der Waals surface area (Å²) in [6, 6.07) is 5.81.